The Hall–Kier alpha value is -3.64. The highest BCUT2D eigenvalue weighted by atomic mass is 35.5. The number of ether oxygens (including phenoxy) is 1. The van der Waals surface area contributed by atoms with Crippen LogP contribution in [0.25, 0.3) is 6.08 Å². The number of halogens is 5. The number of imide groups is 1. The number of fused-ring (bicyclic) bond motifs is 2. The van der Waals surface area contributed by atoms with Crippen molar-refractivity contribution in [3.8, 4) is 5.75 Å². The van der Waals surface area contributed by atoms with Crippen LogP contribution in [0.15, 0.2) is 42.5 Å². The van der Waals surface area contributed by atoms with Gasteiger partial charge in [0.2, 0.25) is 5.91 Å². The highest BCUT2D eigenvalue weighted by molar-refractivity contribution is 6.33. The molecule has 1 N–H and O–H groups in total. The van der Waals surface area contributed by atoms with E-state index in [1.54, 1.807) is 17.0 Å². The maximum absolute atomic E-state index is 13.3. The predicted octanol–water partition coefficient (Wildman–Crippen LogP) is 4.71. The molecule has 3 atom stereocenters. The lowest BCUT2D eigenvalue weighted by molar-refractivity contribution is -0.274. The molecule has 3 fully saturated rings. The van der Waals surface area contributed by atoms with Gasteiger partial charge in [0, 0.05) is 43.4 Å². The van der Waals surface area contributed by atoms with Gasteiger partial charge in [-0.2, -0.15) is 0 Å². The van der Waals surface area contributed by atoms with E-state index in [1.807, 2.05) is 0 Å². The Morgan fingerprint density at radius 2 is 1.77 bits per heavy atom. The number of rotatable bonds is 6. The Balaban J connectivity index is 1.37. The van der Waals surface area contributed by atoms with Gasteiger partial charge in [-0.25, -0.2) is 14.1 Å². The van der Waals surface area contributed by atoms with Gasteiger partial charge in [0.25, 0.3) is 5.91 Å². The number of carbonyl (C=O) groups excluding carboxylic acids is 3. The molecule has 1 unspecified atom stereocenters. The molecule has 0 aromatic heterocycles. The minimum absolute atomic E-state index is 0.0307. The van der Waals surface area contributed by atoms with Gasteiger partial charge in [-0.1, -0.05) is 23.7 Å². The van der Waals surface area contributed by atoms with Crippen LogP contribution < -0.4 is 15.0 Å². The largest absolute Gasteiger partial charge is 0.573 e. The third kappa shape index (κ3) is 5.78. The Labute approximate surface area is 232 Å². The molecular formula is C27H25ClF4N4O4. The molecule has 0 aliphatic carbocycles. The fourth-order valence-corrected chi connectivity index (χ4v) is 5.69. The topological polar surface area (TPSA) is 82.2 Å². The molecule has 5 rings (SSSR count). The zero-order valence-corrected chi connectivity index (χ0v) is 22.0. The Bertz CT molecular complexity index is 1350. The van der Waals surface area contributed by atoms with E-state index in [1.165, 1.54) is 31.2 Å². The Morgan fingerprint density at radius 3 is 2.35 bits per heavy atom. The number of nitrogens with one attached hydrogen (secondary N) is 1. The first-order valence-corrected chi connectivity index (χ1v) is 13.0. The van der Waals surface area contributed by atoms with Gasteiger partial charge in [0.1, 0.15) is 17.6 Å². The number of benzene rings is 2. The number of alkyl halides is 3. The summed E-state index contributed by atoms with van der Waals surface area (Å²) in [6, 6.07) is 6.47. The monoisotopic (exact) mass is 580 g/mol. The zero-order valence-electron chi connectivity index (χ0n) is 21.3. The maximum Gasteiger partial charge on any atom is 0.573 e. The average Bonchev–Trinajstić information content (AvgIpc) is 3.29. The number of likely N-dealkylation sites (tertiary alicyclic amines) is 1. The first-order chi connectivity index (χ1) is 18.9. The van der Waals surface area contributed by atoms with Crippen LogP contribution in [0.1, 0.15) is 30.9 Å². The van der Waals surface area contributed by atoms with Crippen molar-refractivity contribution in [1.29, 1.82) is 0 Å². The minimum Gasteiger partial charge on any atom is -0.404 e. The molecule has 3 aliphatic rings. The van der Waals surface area contributed by atoms with E-state index in [4.69, 9.17) is 11.6 Å². The van der Waals surface area contributed by atoms with Crippen LogP contribution in [0.3, 0.4) is 0 Å². The second-order valence-electron chi connectivity index (χ2n) is 10.0. The van der Waals surface area contributed by atoms with Gasteiger partial charge >= 0.3 is 12.4 Å². The Morgan fingerprint density at radius 1 is 1.12 bits per heavy atom. The fourth-order valence-electron chi connectivity index (χ4n) is 5.50. The van der Waals surface area contributed by atoms with E-state index in [2.05, 4.69) is 15.0 Å². The summed E-state index contributed by atoms with van der Waals surface area (Å²) < 4.78 is 56.1. The quantitative estimate of drug-likeness (QED) is 0.304. The third-order valence-corrected chi connectivity index (χ3v) is 7.51. The van der Waals surface area contributed by atoms with Crippen molar-refractivity contribution >= 4 is 41.2 Å². The van der Waals surface area contributed by atoms with Crippen molar-refractivity contribution in [2.45, 2.75) is 50.8 Å². The summed E-state index contributed by atoms with van der Waals surface area (Å²) in [7, 11) is 0. The molecule has 0 radical (unpaired) electrons. The summed E-state index contributed by atoms with van der Waals surface area (Å²) >= 11 is 6.01. The molecule has 4 amide bonds. The Kier molecular flexibility index (Phi) is 7.49. The van der Waals surface area contributed by atoms with Crippen molar-refractivity contribution in [3.05, 3.63) is 64.4 Å². The summed E-state index contributed by atoms with van der Waals surface area (Å²) in [5, 5.41) is 1.97. The molecule has 2 aromatic rings. The molecule has 0 spiro atoms. The van der Waals surface area contributed by atoms with Crippen molar-refractivity contribution in [2.75, 3.05) is 18.0 Å². The van der Waals surface area contributed by atoms with E-state index >= 15 is 0 Å². The van der Waals surface area contributed by atoms with E-state index in [0.717, 1.165) is 35.4 Å². The van der Waals surface area contributed by atoms with Crippen molar-refractivity contribution in [1.82, 2.24) is 15.1 Å². The summed E-state index contributed by atoms with van der Waals surface area (Å²) in [6.07, 6.45) is -0.983. The van der Waals surface area contributed by atoms with Crippen molar-refractivity contribution < 1.29 is 36.7 Å². The summed E-state index contributed by atoms with van der Waals surface area (Å²) in [5.74, 6) is -2.02. The SMILES string of the molecule is CC1NC(=O)N(c2cc(Cl)c(OC(F)(F)F)cc2/C=C/C(=O)N2[C@@H]3CC[C@H]2CN(Cc2ccc(F)cc2)C3)C1=O. The number of carbonyl (C=O) groups is 3. The molecule has 3 heterocycles. The van der Waals surface area contributed by atoms with Crippen LogP contribution in [0.2, 0.25) is 5.02 Å². The number of anilines is 1. The normalized spacial score (nSPS) is 23.3. The predicted molar refractivity (Wildman–Crippen MR) is 138 cm³/mol. The molecule has 8 nitrogen and oxygen atoms in total. The third-order valence-electron chi connectivity index (χ3n) is 7.22. The average molecular weight is 581 g/mol. The summed E-state index contributed by atoms with van der Waals surface area (Å²) in [5.41, 5.74) is 0.849. The van der Waals surface area contributed by atoms with Crippen molar-refractivity contribution in [2.24, 2.45) is 0 Å². The molecule has 2 aromatic carbocycles. The summed E-state index contributed by atoms with van der Waals surface area (Å²) in [6.45, 7) is 3.31. The van der Waals surface area contributed by atoms with Gasteiger partial charge in [-0.05, 0) is 55.7 Å². The number of urea groups is 1. The van der Waals surface area contributed by atoms with Crippen LogP contribution in [-0.2, 0) is 16.1 Å². The van der Waals surface area contributed by atoms with Gasteiger partial charge < -0.3 is 15.0 Å². The van der Waals surface area contributed by atoms with Gasteiger partial charge in [-0.15, -0.1) is 13.2 Å². The lowest BCUT2D eigenvalue weighted by atomic mass is 10.1. The number of nitrogens with zero attached hydrogens (tertiary/aromatic N) is 3. The van der Waals surface area contributed by atoms with Crippen LogP contribution in [-0.4, -0.2) is 65.2 Å². The molecular weight excluding hydrogens is 556 g/mol. The highest BCUT2D eigenvalue weighted by Gasteiger charge is 2.42. The molecule has 13 heteroatoms. The molecule has 3 saturated heterocycles. The number of hydrogen-bond donors (Lipinski definition) is 1. The molecule has 0 saturated carbocycles. The lowest BCUT2D eigenvalue weighted by Gasteiger charge is -2.40. The molecule has 212 valence electrons. The maximum atomic E-state index is 13.3. The van der Waals surface area contributed by atoms with Crippen molar-refractivity contribution in [3.63, 3.8) is 0 Å². The number of hydrogen-bond acceptors (Lipinski definition) is 5. The standard InChI is InChI=1S/C27H25ClF4N4O4/c1-15-25(38)36(26(39)33-15)22-11-21(28)23(40-27(30,31)32)10-17(22)4-9-24(37)35-19-7-8-20(35)14-34(13-19)12-16-2-5-18(29)6-3-16/h2-6,9-11,15,19-20H,7-8,12-14H2,1H3,(H,33,39)/b9-4+/t15?,19-,20+. The van der Waals surface area contributed by atoms with E-state index in [-0.39, 0.29) is 35.1 Å². The second kappa shape index (κ2) is 10.7. The zero-order chi connectivity index (χ0) is 28.8. The highest BCUT2D eigenvalue weighted by Crippen LogP contribution is 2.38. The van der Waals surface area contributed by atoms with Crippen LogP contribution in [0, 0.1) is 5.82 Å². The minimum atomic E-state index is -5.04. The van der Waals surface area contributed by atoms with Crippen LogP contribution in [0.4, 0.5) is 28.0 Å². The first kappa shape index (κ1) is 27.9. The molecule has 3 aliphatic heterocycles. The van der Waals surface area contributed by atoms with Gasteiger partial charge in [0.05, 0.1) is 10.7 Å². The second-order valence-corrected chi connectivity index (χ2v) is 10.4. The number of amides is 4. The van der Waals surface area contributed by atoms with Gasteiger partial charge in [0.15, 0.2) is 0 Å². The van der Waals surface area contributed by atoms with E-state index < -0.39 is 35.1 Å². The molecule has 2 bridgehead atoms. The van der Waals surface area contributed by atoms with Crippen LogP contribution in [0.5, 0.6) is 5.75 Å². The summed E-state index contributed by atoms with van der Waals surface area (Å²) in [4.78, 5) is 43.1. The van der Waals surface area contributed by atoms with Crippen LogP contribution >= 0.6 is 11.6 Å². The molecule has 40 heavy (non-hydrogen) atoms. The number of piperazine rings is 1. The van der Waals surface area contributed by atoms with E-state index in [0.29, 0.717) is 19.6 Å². The van der Waals surface area contributed by atoms with E-state index in [9.17, 15) is 31.9 Å². The fraction of sp³-hybridized carbons (Fsp3) is 0.370. The smallest absolute Gasteiger partial charge is 0.404 e. The first-order valence-electron chi connectivity index (χ1n) is 12.6. The lowest BCUT2D eigenvalue weighted by Crippen LogP contribution is -2.55. The van der Waals surface area contributed by atoms with Gasteiger partial charge in [-0.3, -0.25) is 14.5 Å².